The van der Waals surface area contributed by atoms with Gasteiger partial charge in [-0.1, -0.05) is 6.07 Å². The van der Waals surface area contributed by atoms with Crippen LogP contribution in [-0.4, -0.2) is 29.3 Å². The summed E-state index contributed by atoms with van der Waals surface area (Å²) in [5.41, 5.74) is 2.59. The molecule has 4 rings (SSSR count). The smallest absolute Gasteiger partial charge is 0.330 e. The Bertz CT molecular complexity index is 832. The molecule has 0 saturated carbocycles. The predicted octanol–water partition coefficient (Wildman–Crippen LogP) is 2.96. The molecule has 2 unspecified atom stereocenters. The summed E-state index contributed by atoms with van der Waals surface area (Å²) in [5, 5.41) is 14.0. The number of carboxylic acids is 1. The van der Waals surface area contributed by atoms with Gasteiger partial charge in [-0.05, 0) is 52.4 Å². The summed E-state index contributed by atoms with van der Waals surface area (Å²) >= 11 is 3.23. The maximum absolute atomic E-state index is 12.8. The van der Waals surface area contributed by atoms with Gasteiger partial charge in [0, 0.05) is 11.3 Å². The average Bonchev–Trinajstić information content (AvgIpc) is 3.26. The molecule has 3 heterocycles. The first-order valence-electron chi connectivity index (χ1n) is 8.10. The zero-order valence-corrected chi connectivity index (χ0v) is 15.0. The Morgan fingerprint density at radius 2 is 2.16 bits per heavy atom. The van der Waals surface area contributed by atoms with E-state index in [4.69, 9.17) is 4.74 Å². The number of carbonyl (C=O) groups excluding carboxylic acids is 1. The van der Waals surface area contributed by atoms with Crippen LogP contribution in [0.5, 0.6) is 5.75 Å². The fraction of sp³-hybridized carbons (Fsp3) is 0.333. The van der Waals surface area contributed by atoms with Gasteiger partial charge >= 0.3 is 5.97 Å². The van der Waals surface area contributed by atoms with Crippen molar-refractivity contribution in [3.63, 3.8) is 0 Å². The van der Waals surface area contributed by atoms with Crippen LogP contribution in [0.2, 0.25) is 0 Å². The lowest BCUT2D eigenvalue weighted by atomic mass is 10.0. The maximum atomic E-state index is 12.8. The highest BCUT2D eigenvalue weighted by atomic mass is 32.2. The largest absolute Gasteiger partial charge is 0.493 e. The number of rotatable bonds is 4. The van der Waals surface area contributed by atoms with E-state index in [1.165, 1.54) is 4.88 Å². The minimum atomic E-state index is -1.06. The quantitative estimate of drug-likeness (QED) is 0.859. The number of aliphatic carboxylic acids is 1. The minimum Gasteiger partial charge on any atom is -0.493 e. The van der Waals surface area contributed by atoms with Crippen LogP contribution in [0.1, 0.15) is 32.9 Å². The van der Waals surface area contributed by atoms with Gasteiger partial charge in [-0.15, -0.1) is 23.1 Å². The van der Waals surface area contributed by atoms with Gasteiger partial charge < -0.3 is 15.2 Å². The predicted molar refractivity (Wildman–Crippen MR) is 97.4 cm³/mol. The molecular formula is C18H17NO4S2. The fourth-order valence-corrected chi connectivity index (χ4v) is 5.56. The molecule has 7 heteroatoms. The molecule has 0 fully saturated rings. The average molecular weight is 375 g/mol. The van der Waals surface area contributed by atoms with Crippen molar-refractivity contribution in [3.8, 4) is 5.75 Å². The minimum absolute atomic E-state index is 0.242. The van der Waals surface area contributed by atoms with Crippen molar-refractivity contribution in [2.75, 3.05) is 12.4 Å². The molecule has 1 amide bonds. The Balaban J connectivity index is 1.57. The van der Waals surface area contributed by atoms with Crippen LogP contribution in [-0.2, 0) is 22.4 Å². The van der Waals surface area contributed by atoms with Crippen LogP contribution in [0, 0.1) is 0 Å². The summed E-state index contributed by atoms with van der Waals surface area (Å²) < 4.78 is 5.46. The lowest BCUT2D eigenvalue weighted by Gasteiger charge is -2.24. The first kappa shape index (κ1) is 16.5. The molecule has 25 heavy (non-hydrogen) atoms. The Labute approximate surface area is 153 Å². The number of benzene rings is 1. The molecule has 2 N–H and O–H groups in total. The van der Waals surface area contributed by atoms with Crippen molar-refractivity contribution >= 4 is 35.0 Å². The van der Waals surface area contributed by atoms with Gasteiger partial charge in [-0.3, -0.25) is 4.79 Å². The summed E-state index contributed by atoms with van der Waals surface area (Å²) in [7, 11) is 0. The van der Waals surface area contributed by atoms with E-state index in [2.05, 4.69) is 5.32 Å². The number of amides is 1. The lowest BCUT2D eigenvalue weighted by molar-refractivity contribution is -0.142. The third kappa shape index (κ3) is 3.14. The summed E-state index contributed by atoms with van der Waals surface area (Å²) in [6.45, 7) is 0.614. The first-order valence-corrected chi connectivity index (χ1v) is 10.0. The highest BCUT2D eigenvalue weighted by molar-refractivity contribution is 8.00. The van der Waals surface area contributed by atoms with E-state index in [-0.39, 0.29) is 11.2 Å². The zero-order valence-electron chi connectivity index (χ0n) is 13.4. The van der Waals surface area contributed by atoms with E-state index < -0.39 is 12.0 Å². The first-order chi connectivity index (χ1) is 12.1. The Morgan fingerprint density at radius 1 is 1.28 bits per heavy atom. The second-order valence-corrected chi connectivity index (χ2v) is 8.26. The molecule has 5 nitrogen and oxygen atoms in total. The summed E-state index contributed by atoms with van der Waals surface area (Å²) in [4.78, 5) is 25.8. The van der Waals surface area contributed by atoms with Crippen molar-refractivity contribution in [1.82, 2.24) is 5.32 Å². The number of hydrogen-bond donors (Lipinski definition) is 2. The Kier molecular flexibility index (Phi) is 4.43. The molecule has 130 valence electrons. The van der Waals surface area contributed by atoms with Crippen LogP contribution >= 0.6 is 23.1 Å². The molecule has 2 aliphatic heterocycles. The number of carbonyl (C=O) groups is 2. The second kappa shape index (κ2) is 6.72. The summed E-state index contributed by atoms with van der Waals surface area (Å²) in [5.74, 6) is 0.372. The third-order valence-electron chi connectivity index (χ3n) is 4.49. The molecule has 1 aromatic heterocycles. The topological polar surface area (TPSA) is 75.6 Å². The van der Waals surface area contributed by atoms with Crippen LogP contribution in [0.25, 0.3) is 0 Å². The van der Waals surface area contributed by atoms with Crippen molar-refractivity contribution in [2.24, 2.45) is 0 Å². The molecule has 0 saturated heterocycles. The number of thiophene rings is 1. The van der Waals surface area contributed by atoms with E-state index in [0.29, 0.717) is 12.2 Å². The van der Waals surface area contributed by atoms with Crippen LogP contribution in [0.3, 0.4) is 0 Å². The number of nitrogens with one attached hydrogen (secondary N) is 1. The number of ether oxygens (including phenoxy) is 1. The molecule has 2 atom stereocenters. The van der Waals surface area contributed by atoms with E-state index in [0.717, 1.165) is 35.5 Å². The van der Waals surface area contributed by atoms with Crippen molar-refractivity contribution in [1.29, 1.82) is 0 Å². The number of fused-ring (bicyclic) bond motifs is 2. The zero-order chi connectivity index (χ0) is 17.4. The van der Waals surface area contributed by atoms with Crippen molar-refractivity contribution in [2.45, 2.75) is 24.1 Å². The van der Waals surface area contributed by atoms with Gasteiger partial charge in [0.25, 0.3) is 0 Å². The highest BCUT2D eigenvalue weighted by Gasteiger charge is 2.32. The Morgan fingerprint density at radius 3 is 3.00 bits per heavy atom. The maximum Gasteiger partial charge on any atom is 0.330 e. The lowest BCUT2D eigenvalue weighted by Crippen LogP contribution is -2.37. The molecule has 0 aliphatic carbocycles. The van der Waals surface area contributed by atoms with Gasteiger partial charge in [0.15, 0.2) is 6.04 Å². The number of hydrogen-bond acceptors (Lipinski definition) is 5. The molecule has 0 spiro atoms. The van der Waals surface area contributed by atoms with Crippen LogP contribution < -0.4 is 10.1 Å². The third-order valence-corrected chi connectivity index (χ3v) is 6.73. The normalized spacial score (nSPS) is 19.4. The number of carboxylic acid groups (broad SMARTS) is 1. The van der Waals surface area contributed by atoms with E-state index in [9.17, 15) is 14.7 Å². The number of thioether (sulfide) groups is 1. The Hall–Kier alpha value is -1.99. The summed E-state index contributed by atoms with van der Waals surface area (Å²) in [6, 6.07) is 6.24. The molecule has 2 aliphatic rings. The van der Waals surface area contributed by atoms with Crippen molar-refractivity contribution < 1.29 is 19.4 Å². The second-order valence-electron chi connectivity index (χ2n) is 6.05. The molecule has 0 bridgehead atoms. The van der Waals surface area contributed by atoms with Gasteiger partial charge in [0.2, 0.25) is 5.91 Å². The molecule has 2 aromatic rings. The highest BCUT2D eigenvalue weighted by Crippen LogP contribution is 2.40. The molecule has 1 aromatic carbocycles. The SMILES string of the molecule is O=C(O)C(NC(=O)C1SCCc2sccc21)c1ccc2c(c1)CCO2. The van der Waals surface area contributed by atoms with Crippen LogP contribution in [0.15, 0.2) is 29.6 Å². The van der Waals surface area contributed by atoms with E-state index in [1.807, 2.05) is 17.5 Å². The van der Waals surface area contributed by atoms with E-state index >= 15 is 0 Å². The van der Waals surface area contributed by atoms with Gasteiger partial charge in [0.05, 0.1) is 6.61 Å². The standard InChI is InChI=1S/C18H17NO4S2/c20-17(16-12-4-7-24-14(12)5-8-25-16)19-15(18(21)22)11-1-2-13-10(9-11)3-6-23-13/h1-2,4,7,9,15-16H,3,5-6,8H2,(H,19,20)(H,21,22). The number of aryl methyl sites for hydroxylation is 1. The molecular weight excluding hydrogens is 358 g/mol. The fourth-order valence-electron chi connectivity index (χ4n) is 3.26. The van der Waals surface area contributed by atoms with Gasteiger partial charge in [-0.25, -0.2) is 4.79 Å². The van der Waals surface area contributed by atoms with Crippen molar-refractivity contribution in [3.05, 3.63) is 51.2 Å². The monoisotopic (exact) mass is 375 g/mol. The molecule has 0 radical (unpaired) electrons. The van der Waals surface area contributed by atoms with Gasteiger partial charge in [-0.2, -0.15) is 0 Å². The van der Waals surface area contributed by atoms with Gasteiger partial charge in [0.1, 0.15) is 11.0 Å². The van der Waals surface area contributed by atoms with Crippen LogP contribution in [0.4, 0.5) is 0 Å². The summed E-state index contributed by atoms with van der Waals surface area (Å²) in [6.07, 6.45) is 1.73. The van der Waals surface area contributed by atoms with E-state index in [1.54, 1.807) is 35.2 Å².